The van der Waals surface area contributed by atoms with Crippen LogP contribution in [0.2, 0.25) is 0 Å². The van der Waals surface area contributed by atoms with Crippen LogP contribution >= 0.6 is 0 Å². The van der Waals surface area contributed by atoms with E-state index in [2.05, 4.69) is 0 Å². The van der Waals surface area contributed by atoms with E-state index < -0.39 is 5.60 Å². The molecule has 1 N–H and O–H groups in total. The molecule has 15 heavy (non-hydrogen) atoms. The third-order valence-electron chi connectivity index (χ3n) is 2.87. The fraction of sp³-hybridized carbons (Fsp3) is 0.538. The summed E-state index contributed by atoms with van der Waals surface area (Å²) in [4.78, 5) is 0. The van der Waals surface area contributed by atoms with E-state index in [4.69, 9.17) is 0 Å². The van der Waals surface area contributed by atoms with Crippen LogP contribution in [0.4, 0.5) is 4.39 Å². The van der Waals surface area contributed by atoms with Crippen LogP contribution in [0.5, 0.6) is 0 Å². The van der Waals surface area contributed by atoms with Gasteiger partial charge < -0.3 is 5.11 Å². The van der Waals surface area contributed by atoms with E-state index in [-0.39, 0.29) is 5.82 Å². The number of halogens is 1. The molecule has 0 aromatic heterocycles. The van der Waals surface area contributed by atoms with Gasteiger partial charge in [-0.1, -0.05) is 38.0 Å². The summed E-state index contributed by atoms with van der Waals surface area (Å²) in [6, 6.07) is 4.90. The first-order chi connectivity index (χ1) is 7.03. The fourth-order valence-corrected chi connectivity index (χ4v) is 1.91. The summed E-state index contributed by atoms with van der Waals surface area (Å²) in [5, 5.41) is 10.4. The average molecular weight is 210 g/mol. The summed E-state index contributed by atoms with van der Waals surface area (Å²) in [5.41, 5.74) is 0.409. The van der Waals surface area contributed by atoms with Gasteiger partial charge >= 0.3 is 0 Å². The Balaban J connectivity index is 3.16. The molecule has 1 unspecified atom stereocenters. The third-order valence-corrected chi connectivity index (χ3v) is 2.87. The molecule has 0 saturated carbocycles. The lowest BCUT2D eigenvalue weighted by Gasteiger charge is -2.27. The van der Waals surface area contributed by atoms with Crippen molar-refractivity contribution >= 4 is 0 Å². The van der Waals surface area contributed by atoms with Gasteiger partial charge in [0, 0.05) is 5.56 Å². The van der Waals surface area contributed by atoms with E-state index in [0.717, 1.165) is 12.0 Å². The topological polar surface area (TPSA) is 20.2 Å². The molecule has 0 saturated heterocycles. The fourth-order valence-electron chi connectivity index (χ4n) is 1.91. The molecule has 0 aliphatic rings. The Hall–Kier alpha value is -0.890. The first kappa shape index (κ1) is 12.2. The molecule has 0 spiro atoms. The molecule has 0 bridgehead atoms. The predicted octanol–water partition coefficient (Wildman–Crippen LogP) is 3.53. The standard InChI is InChI=1S/C13H19FO/c1-4-8-13(15,5-2)11-9-10(3)6-7-12(11)14/h6-7,9,15H,4-5,8H2,1-3H3. The highest BCUT2D eigenvalue weighted by Crippen LogP contribution is 2.32. The second-order valence-electron chi connectivity index (χ2n) is 4.12. The van der Waals surface area contributed by atoms with Crippen LogP contribution < -0.4 is 0 Å². The molecule has 1 rings (SSSR count). The Morgan fingerprint density at radius 3 is 2.53 bits per heavy atom. The second-order valence-corrected chi connectivity index (χ2v) is 4.12. The molecule has 0 amide bonds. The smallest absolute Gasteiger partial charge is 0.129 e. The summed E-state index contributed by atoms with van der Waals surface area (Å²) in [6.07, 6.45) is 1.99. The van der Waals surface area contributed by atoms with Crippen LogP contribution in [0.1, 0.15) is 44.2 Å². The zero-order valence-electron chi connectivity index (χ0n) is 9.68. The van der Waals surface area contributed by atoms with Gasteiger partial charge in [0.1, 0.15) is 5.82 Å². The van der Waals surface area contributed by atoms with Crippen LogP contribution in [-0.4, -0.2) is 5.11 Å². The Morgan fingerprint density at radius 2 is 2.00 bits per heavy atom. The van der Waals surface area contributed by atoms with E-state index in [9.17, 15) is 9.50 Å². The maximum Gasteiger partial charge on any atom is 0.129 e. The molecule has 1 aromatic carbocycles. The van der Waals surface area contributed by atoms with Crippen molar-refractivity contribution in [3.63, 3.8) is 0 Å². The van der Waals surface area contributed by atoms with Gasteiger partial charge in [-0.05, 0) is 25.8 Å². The molecular formula is C13H19FO. The number of aliphatic hydroxyl groups is 1. The van der Waals surface area contributed by atoms with Crippen molar-refractivity contribution in [1.29, 1.82) is 0 Å². The maximum absolute atomic E-state index is 13.6. The average Bonchev–Trinajstić information content (AvgIpc) is 2.22. The molecule has 1 nitrogen and oxygen atoms in total. The molecule has 1 atom stereocenters. The molecule has 0 aliphatic carbocycles. The van der Waals surface area contributed by atoms with Gasteiger partial charge in [0.05, 0.1) is 5.60 Å². The quantitative estimate of drug-likeness (QED) is 0.806. The van der Waals surface area contributed by atoms with E-state index in [1.807, 2.05) is 20.8 Å². The van der Waals surface area contributed by atoms with Crippen LogP contribution in [0.3, 0.4) is 0 Å². The second kappa shape index (κ2) is 4.75. The number of hydrogen-bond donors (Lipinski definition) is 1. The van der Waals surface area contributed by atoms with E-state index in [0.29, 0.717) is 18.4 Å². The van der Waals surface area contributed by atoms with E-state index in [1.54, 1.807) is 12.1 Å². The molecule has 2 heteroatoms. The number of aryl methyl sites for hydroxylation is 1. The van der Waals surface area contributed by atoms with Crippen molar-refractivity contribution < 1.29 is 9.50 Å². The monoisotopic (exact) mass is 210 g/mol. The van der Waals surface area contributed by atoms with Crippen LogP contribution in [-0.2, 0) is 5.60 Å². The SMILES string of the molecule is CCCC(O)(CC)c1cc(C)ccc1F. The minimum Gasteiger partial charge on any atom is -0.385 e. The van der Waals surface area contributed by atoms with E-state index >= 15 is 0 Å². The van der Waals surface area contributed by atoms with Gasteiger partial charge in [-0.2, -0.15) is 0 Å². The first-order valence-electron chi connectivity index (χ1n) is 5.52. The molecular weight excluding hydrogens is 191 g/mol. The molecule has 0 fully saturated rings. The Kier molecular flexibility index (Phi) is 3.86. The lowest BCUT2D eigenvalue weighted by atomic mass is 9.86. The lowest BCUT2D eigenvalue weighted by molar-refractivity contribution is 0.0191. The van der Waals surface area contributed by atoms with E-state index in [1.165, 1.54) is 6.07 Å². The molecule has 0 heterocycles. The normalized spacial score (nSPS) is 15.0. The summed E-state index contributed by atoms with van der Waals surface area (Å²) in [6.45, 7) is 5.79. The largest absolute Gasteiger partial charge is 0.385 e. The summed E-state index contributed by atoms with van der Waals surface area (Å²) in [5.74, 6) is -0.307. The van der Waals surface area contributed by atoms with Crippen molar-refractivity contribution in [2.75, 3.05) is 0 Å². The summed E-state index contributed by atoms with van der Waals surface area (Å²) in [7, 11) is 0. The van der Waals surface area contributed by atoms with Gasteiger partial charge in [-0.15, -0.1) is 0 Å². The Morgan fingerprint density at radius 1 is 1.33 bits per heavy atom. The van der Waals surface area contributed by atoms with Gasteiger partial charge in [0.2, 0.25) is 0 Å². The van der Waals surface area contributed by atoms with Crippen molar-refractivity contribution in [2.24, 2.45) is 0 Å². The van der Waals surface area contributed by atoms with Crippen LogP contribution in [0.25, 0.3) is 0 Å². The molecule has 0 radical (unpaired) electrons. The Bertz CT molecular complexity index is 335. The summed E-state index contributed by atoms with van der Waals surface area (Å²) >= 11 is 0. The molecule has 84 valence electrons. The first-order valence-corrected chi connectivity index (χ1v) is 5.52. The highest BCUT2D eigenvalue weighted by atomic mass is 19.1. The molecule has 1 aromatic rings. The predicted molar refractivity (Wildman–Crippen MR) is 60.2 cm³/mol. The highest BCUT2D eigenvalue weighted by molar-refractivity contribution is 5.29. The number of hydrogen-bond acceptors (Lipinski definition) is 1. The van der Waals surface area contributed by atoms with Crippen molar-refractivity contribution in [2.45, 2.75) is 45.6 Å². The minimum absolute atomic E-state index is 0.307. The van der Waals surface area contributed by atoms with Gasteiger partial charge in [-0.3, -0.25) is 0 Å². The van der Waals surface area contributed by atoms with Crippen LogP contribution in [0.15, 0.2) is 18.2 Å². The number of benzene rings is 1. The van der Waals surface area contributed by atoms with Crippen LogP contribution in [0, 0.1) is 12.7 Å². The van der Waals surface area contributed by atoms with Gasteiger partial charge in [-0.25, -0.2) is 4.39 Å². The van der Waals surface area contributed by atoms with Crippen molar-refractivity contribution in [3.05, 3.63) is 35.1 Å². The van der Waals surface area contributed by atoms with Crippen molar-refractivity contribution in [3.8, 4) is 0 Å². The number of rotatable bonds is 4. The van der Waals surface area contributed by atoms with Gasteiger partial charge in [0.15, 0.2) is 0 Å². The maximum atomic E-state index is 13.6. The molecule has 0 aliphatic heterocycles. The minimum atomic E-state index is -1.01. The third kappa shape index (κ3) is 2.57. The zero-order chi connectivity index (χ0) is 11.5. The summed E-state index contributed by atoms with van der Waals surface area (Å²) < 4.78 is 13.6. The Labute approximate surface area is 90.9 Å². The lowest BCUT2D eigenvalue weighted by Crippen LogP contribution is -2.26. The van der Waals surface area contributed by atoms with Gasteiger partial charge in [0.25, 0.3) is 0 Å². The highest BCUT2D eigenvalue weighted by Gasteiger charge is 2.28. The zero-order valence-corrected chi connectivity index (χ0v) is 9.68. The van der Waals surface area contributed by atoms with Crippen molar-refractivity contribution in [1.82, 2.24) is 0 Å².